The summed E-state index contributed by atoms with van der Waals surface area (Å²) in [5.74, 6) is 0.250. The molecular weight excluding hydrogens is 447 g/mol. The Morgan fingerprint density at radius 2 is 1.75 bits per heavy atom. The number of ether oxygens (including phenoxy) is 1. The number of hydrogen-bond acceptors (Lipinski definition) is 5. The fourth-order valence-electron chi connectivity index (χ4n) is 3.20. The molecule has 0 amide bonds. The van der Waals surface area contributed by atoms with Gasteiger partial charge < -0.3 is 15.0 Å². The molecule has 0 saturated heterocycles. The molecule has 3 N–H and O–H groups in total. The van der Waals surface area contributed by atoms with Gasteiger partial charge in [0.15, 0.2) is 0 Å². The maximum Gasteiger partial charge on any atom is 0.573 e. The summed E-state index contributed by atoms with van der Waals surface area (Å²) in [5, 5.41) is 3.04. The molecule has 4 aromatic rings. The molecule has 0 aliphatic rings. The van der Waals surface area contributed by atoms with Crippen LogP contribution in [0.25, 0.3) is 22.2 Å². The molecule has 0 saturated carbocycles. The number of H-pyrrole nitrogens is 1. The zero-order valence-electron chi connectivity index (χ0n) is 16.2. The van der Waals surface area contributed by atoms with E-state index in [-0.39, 0.29) is 17.2 Å². The summed E-state index contributed by atoms with van der Waals surface area (Å²) in [7, 11) is -4.39. The maximum absolute atomic E-state index is 12.2. The second kappa shape index (κ2) is 8.17. The van der Waals surface area contributed by atoms with Gasteiger partial charge in [-0.1, -0.05) is 24.3 Å². The van der Waals surface area contributed by atoms with E-state index < -0.39 is 16.5 Å². The lowest BCUT2D eigenvalue weighted by atomic mass is 10.1. The van der Waals surface area contributed by atoms with Gasteiger partial charge in [0, 0.05) is 11.3 Å². The molecule has 0 spiro atoms. The van der Waals surface area contributed by atoms with Crippen LogP contribution < -0.4 is 10.1 Å². The van der Waals surface area contributed by atoms with Crippen LogP contribution in [0.5, 0.6) is 5.75 Å². The lowest BCUT2D eigenvalue weighted by molar-refractivity contribution is -0.274. The fraction of sp³-hybridized carbons (Fsp3) is 0.0952. The van der Waals surface area contributed by atoms with Gasteiger partial charge in [0.1, 0.15) is 16.5 Å². The van der Waals surface area contributed by atoms with Crippen LogP contribution >= 0.6 is 0 Å². The van der Waals surface area contributed by atoms with Gasteiger partial charge in [-0.2, -0.15) is 8.42 Å². The third-order valence-corrected chi connectivity index (χ3v) is 5.47. The summed E-state index contributed by atoms with van der Waals surface area (Å²) in [4.78, 5) is 7.36. The predicted octanol–water partition coefficient (Wildman–Crippen LogP) is 4.99. The van der Waals surface area contributed by atoms with Crippen LogP contribution in [0.3, 0.4) is 0 Å². The van der Waals surface area contributed by atoms with Gasteiger partial charge >= 0.3 is 6.36 Å². The molecular formula is C21H16F3N3O4S. The highest BCUT2D eigenvalue weighted by Gasteiger charge is 2.30. The number of anilines is 1. The Morgan fingerprint density at radius 1 is 1.03 bits per heavy atom. The smallest absolute Gasteiger partial charge is 0.406 e. The topological polar surface area (TPSA) is 104 Å². The predicted molar refractivity (Wildman–Crippen MR) is 112 cm³/mol. The van der Waals surface area contributed by atoms with Gasteiger partial charge in [-0.15, -0.1) is 13.2 Å². The summed E-state index contributed by atoms with van der Waals surface area (Å²) in [6, 6.07) is 16.5. The number of halogens is 3. The zero-order valence-corrected chi connectivity index (χ0v) is 17.0. The van der Waals surface area contributed by atoms with Gasteiger partial charge in [-0.3, -0.25) is 4.55 Å². The number of nitrogens with zero attached hydrogens (tertiary/aromatic N) is 1. The first kappa shape index (κ1) is 21.7. The average molecular weight is 463 g/mol. The summed E-state index contributed by atoms with van der Waals surface area (Å²) < 4.78 is 73.4. The second-order valence-electron chi connectivity index (χ2n) is 6.81. The van der Waals surface area contributed by atoms with Gasteiger partial charge in [0.25, 0.3) is 10.1 Å². The number of imidazole rings is 1. The summed E-state index contributed by atoms with van der Waals surface area (Å²) >= 11 is 0. The van der Waals surface area contributed by atoms with Crippen molar-refractivity contribution in [3.8, 4) is 16.9 Å². The number of fused-ring (bicyclic) bond motifs is 1. The zero-order chi connectivity index (χ0) is 22.9. The van der Waals surface area contributed by atoms with Crippen LogP contribution in [-0.4, -0.2) is 29.3 Å². The molecule has 0 aliphatic carbocycles. The number of nitrogens with one attached hydrogen (secondary N) is 2. The molecule has 1 aromatic heterocycles. The molecule has 0 radical (unpaired) electrons. The van der Waals surface area contributed by atoms with Crippen LogP contribution in [0.2, 0.25) is 0 Å². The Hall–Kier alpha value is -3.57. The van der Waals surface area contributed by atoms with Crippen molar-refractivity contribution in [2.75, 3.05) is 5.32 Å². The fourth-order valence-corrected chi connectivity index (χ4v) is 3.92. The van der Waals surface area contributed by atoms with Crippen LogP contribution in [0.4, 0.5) is 18.9 Å². The molecule has 3 aromatic carbocycles. The van der Waals surface area contributed by atoms with E-state index in [2.05, 4.69) is 20.0 Å². The first-order valence-corrected chi connectivity index (χ1v) is 10.7. The Balaban J connectivity index is 1.52. The maximum atomic E-state index is 12.2. The van der Waals surface area contributed by atoms with Crippen molar-refractivity contribution in [1.29, 1.82) is 0 Å². The average Bonchev–Trinajstić information content (AvgIpc) is 3.14. The molecule has 0 unspecified atom stereocenters. The lowest BCUT2D eigenvalue weighted by Gasteiger charge is -2.09. The van der Waals surface area contributed by atoms with E-state index in [4.69, 9.17) is 0 Å². The molecule has 7 nitrogen and oxygen atoms in total. The largest absolute Gasteiger partial charge is 0.573 e. The van der Waals surface area contributed by atoms with Gasteiger partial charge in [0.2, 0.25) is 0 Å². The van der Waals surface area contributed by atoms with Crippen LogP contribution in [0, 0.1) is 0 Å². The normalized spacial score (nSPS) is 12.1. The highest BCUT2D eigenvalue weighted by atomic mass is 32.2. The Kier molecular flexibility index (Phi) is 5.53. The Morgan fingerprint density at radius 3 is 2.44 bits per heavy atom. The summed E-state index contributed by atoms with van der Waals surface area (Å²) in [5.41, 5.74) is 2.80. The van der Waals surface area contributed by atoms with E-state index in [0.717, 1.165) is 0 Å². The number of rotatable bonds is 6. The van der Waals surface area contributed by atoms with Crippen molar-refractivity contribution >= 4 is 26.8 Å². The summed E-state index contributed by atoms with van der Waals surface area (Å²) in [6.45, 7) is 0.269. The van der Waals surface area contributed by atoms with Gasteiger partial charge in [0.05, 0.1) is 17.6 Å². The molecule has 1 heterocycles. The quantitative estimate of drug-likeness (QED) is 0.348. The van der Waals surface area contributed by atoms with E-state index >= 15 is 0 Å². The molecule has 4 rings (SSSR count). The highest BCUT2D eigenvalue weighted by Crippen LogP contribution is 2.29. The van der Waals surface area contributed by atoms with E-state index in [1.807, 2.05) is 0 Å². The van der Waals surface area contributed by atoms with Crippen molar-refractivity contribution in [2.24, 2.45) is 0 Å². The molecule has 0 fully saturated rings. The lowest BCUT2D eigenvalue weighted by Crippen LogP contribution is -2.17. The minimum atomic E-state index is -4.75. The van der Waals surface area contributed by atoms with Crippen molar-refractivity contribution in [1.82, 2.24) is 9.97 Å². The minimum absolute atomic E-state index is 0.196. The van der Waals surface area contributed by atoms with Crippen LogP contribution in [0.15, 0.2) is 71.6 Å². The standard InChI is InChI=1S/C21H16F3N3O4S/c22-21(23,24)31-15-8-6-14(7-9-15)25-12-20-26-17-10-5-13(11-18(17)27-20)16-3-1-2-4-19(16)32(28,29)30/h1-11,25H,12H2,(H,26,27)(H,28,29,30). The van der Waals surface area contributed by atoms with Crippen LogP contribution in [0.1, 0.15) is 5.82 Å². The van der Waals surface area contributed by atoms with Gasteiger partial charge in [-0.25, -0.2) is 4.98 Å². The molecule has 0 aliphatic heterocycles. The Labute approximate surface area is 180 Å². The Bertz CT molecular complexity index is 1370. The van der Waals surface area contributed by atoms with Crippen molar-refractivity contribution in [3.63, 3.8) is 0 Å². The second-order valence-corrected chi connectivity index (χ2v) is 8.20. The molecule has 11 heteroatoms. The minimum Gasteiger partial charge on any atom is -0.406 e. The van der Waals surface area contributed by atoms with Crippen LogP contribution in [-0.2, 0) is 16.7 Å². The van der Waals surface area contributed by atoms with E-state index in [9.17, 15) is 26.1 Å². The number of aromatic amines is 1. The first-order valence-electron chi connectivity index (χ1n) is 9.24. The van der Waals surface area contributed by atoms with E-state index in [1.54, 1.807) is 30.3 Å². The first-order chi connectivity index (χ1) is 15.1. The number of aromatic nitrogens is 2. The third-order valence-electron chi connectivity index (χ3n) is 4.55. The number of benzene rings is 3. The van der Waals surface area contributed by atoms with E-state index in [1.165, 1.54) is 36.4 Å². The SMILES string of the molecule is O=S(=O)(O)c1ccccc1-c1ccc2nc(CNc3ccc(OC(F)(F)F)cc3)[nH]c2c1. The van der Waals surface area contributed by atoms with Crippen molar-refractivity contribution in [2.45, 2.75) is 17.8 Å². The van der Waals surface area contributed by atoms with Gasteiger partial charge in [-0.05, 0) is 48.0 Å². The highest BCUT2D eigenvalue weighted by molar-refractivity contribution is 7.86. The van der Waals surface area contributed by atoms with Crippen molar-refractivity contribution in [3.05, 3.63) is 72.6 Å². The molecule has 32 heavy (non-hydrogen) atoms. The number of hydrogen-bond donors (Lipinski definition) is 3. The molecule has 0 atom stereocenters. The summed E-state index contributed by atoms with van der Waals surface area (Å²) in [6.07, 6.45) is -4.75. The van der Waals surface area contributed by atoms with Crippen molar-refractivity contribution < 1.29 is 30.9 Å². The van der Waals surface area contributed by atoms with E-state index in [0.29, 0.717) is 33.7 Å². The monoisotopic (exact) mass is 463 g/mol. The molecule has 0 bridgehead atoms. The molecule has 166 valence electrons. The number of alkyl halides is 3. The third kappa shape index (κ3) is 5.01.